The first-order valence-electron chi connectivity index (χ1n) is 4.52. The molecule has 0 spiro atoms. The highest BCUT2D eigenvalue weighted by Crippen LogP contribution is 2.13. The smallest absolute Gasteiger partial charge is 0.410 e. The van der Waals surface area contributed by atoms with Gasteiger partial charge in [-0.25, -0.2) is 13.6 Å². The second-order valence-corrected chi connectivity index (χ2v) is 3.28. The minimum absolute atomic E-state index is 0.246. The van der Waals surface area contributed by atoms with Gasteiger partial charge < -0.3 is 9.64 Å². The third kappa shape index (κ3) is 2.06. The number of benzene rings is 1. The van der Waals surface area contributed by atoms with Crippen molar-refractivity contribution in [3.8, 4) is 0 Å². The number of ether oxygens (including phenoxy) is 1. The van der Waals surface area contributed by atoms with E-state index >= 15 is 0 Å². The number of halogens is 2. The largest absolute Gasteiger partial charge is 0.448 e. The molecule has 0 aromatic heterocycles. The van der Waals surface area contributed by atoms with E-state index in [0.29, 0.717) is 18.7 Å². The van der Waals surface area contributed by atoms with E-state index in [1.54, 1.807) is 0 Å². The summed E-state index contributed by atoms with van der Waals surface area (Å²) in [6.45, 7) is 1.08. The van der Waals surface area contributed by atoms with Crippen LogP contribution >= 0.6 is 0 Å². The van der Waals surface area contributed by atoms with Crippen LogP contribution in [0.1, 0.15) is 5.56 Å². The molecule has 0 N–H and O–H groups in total. The lowest BCUT2D eigenvalue weighted by Crippen LogP contribution is -2.23. The Kier molecular flexibility index (Phi) is 2.53. The molecule has 1 amide bonds. The minimum atomic E-state index is -0.903. The van der Waals surface area contributed by atoms with Gasteiger partial charge >= 0.3 is 6.09 Å². The van der Waals surface area contributed by atoms with Crippen molar-refractivity contribution < 1.29 is 18.3 Å². The van der Waals surface area contributed by atoms with Crippen molar-refractivity contribution >= 4 is 6.09 Å². The van der Waals surface area contributed by atoms with Crippen LogP contribution in [0.3, 0.4) is 0 Å². The Hall–Kier alpha value is -1.65. The summed E-state index contributed by atoms with van der Waals surface area (Å²) >= 11 is 0. The average Bonchev–Trinajstić information content (AvgIpc) is 2.59. The summed E-state index contributed by atoms with van der Waals surface area (Å²) in [6.07, 6.45) is -0.417. The highest BCUT2D eigenvalue weighted by atomic mass is 19.2. The summed E-state index contributed by atoms with van der Waals surface area (Å²) in [4.78, 5) is 12.5. The van der Waals surface area contributed by atoms with E-state index in [1.807, 2.05) is 0 Å². The third-order valence-electron chi connectivity index (χ3n) is 2.20. The molecule has 15 heavy (non-hydrogen) atoms. The van der Waals surface area contributed by atoms with Crippen molar-refractivity contribution in [2.24, 2.45) is 0 Å². The Bertz CT molecular complexity index is 395. The molecule has 1 aromatic carbocycles. The molecule has 0 unspecified atom stereocenters. The fourth-order valence-corrected chi connectivity index (χ4v) is 1.43. The Morgan fingerprint density at radius 3 is 2.73 bits per heavy atom. The molecular formula is C10H9F2NO2. The van der Waals surface area contributed by atoms with Crippen molar-refractivity contribution in [3.63, 3.8) is 0 Å². The number of carbonyl (C=O) groups excluding carboxylic acids is 1. The molecule has 0 atom stereocenters. The van der Waals surface area contributed by atoms with Crippen LogP contribution in [0.2, 0.25) is 0 Å². The molecule has 80 valence electrons. The zero-order valence-electron chi connectivity index (χ0n) is 7.87. The lowest BCUT2D eigenvalue weighted by Gasteiger charge is -2.12. The molecule has 0 aliphatic carbocycles. The summed E-state index contributed by atoms with van der Waals surface area (Å²) in [6, 6.07) is 3.58. The third-order valence-corrected chi connectivity index (χ3v) is 2.20. The van der Waals surface area contributed by atoms with E-state index in [9.17, 15) is 13.6 Å². The van der Waals surface area contributed by atoms with Crippen LogP contribution in [0.15, 0.2) is 18.2 Å². The molecule has 2 rings (SSSR count). The molecule has 1 fully saturated rings. The van der Waals surface area contributed by atoms with Crippen LogP contribution in [0, 0.1) is 11.6 Å². The second-order valence-electron chi connectivity index (χ2n) is 3.28. The molecule has 1 saturated heterocycles. The van der Waals surface area contributed by atoms with Gasteiger partial charge in [0.1, 0.15) is 6.61 Å². The molecule has 5 heteroatoms. The molecule has 0 saturated carbocycles. The van der Waals surface area contributed by atoms with Gasteiger partial charge in [0, 0.05) is 6.54 Å². The quantitative estimate of drug-likeness (QED) is 0.751. The van der Waals surface area contributed by atoms with Crippen molar-refractivity contribution in [1.29, 1.82) is 0 Å². The summed E-state index contributed by atoms with van der Waals surface area (Å²) in [5, 5.41) is 0. The molecule has 1 heterocycles. The Morgan fingerprint density at radius 2 is 2.13 bits per heavy atom. The molecular weight excluding hydrogens is 204 g/mol. The summed E-state index contributed by atoms with van der Waals surface area (Å²) in [5.74, 6) is -1.79. The van der Waals surface area contributed by atoms with Gasteiger partial charge in [0.05, 0.1) is 6.54 Å². The molecule has 0 radical (unpaired) electrons. The van der Waals surface area contributed by atoms with Gasteiger partial charge in [0.2, 0.25) is 0 Å². The second kappa shape index (κ2) is 3.84. The fourth-order valence-electron chi connectivity index (χ4n) is 1.43. The van der Waals surface area contributed by atoms with Gasteiger partial charge in [-0.1, -0.05) is 6.07 Å². The summed E-state index contributed by atoms with van der Waals surface area (Å²) in [5.41, 5.74) is 0.549. The molecule has 3 nitrogen and oxygen atoms in total. The number of cyclic esters (lactones) is 1. The van der Waals surface area contributed by atoms with Gasteiger partial charge in [-0.15, -0.1) is 0 Å². The summed E-state index contributed by atoms with van der Waals surface area (Å²) < 4.78 is 30.2. The van der Waals surface area contributed by atoms with Crippen LogP contribution in [0.5, 0.6) is 0 Å². The number of carbonyl (C=O) groups is 1. The Morgan fingerprint density at radius 1 is 1.33 bits per heavy atom. The zero-order chi connectivity index (χ0) is 10.8. The Labute approximate surface area is 85.3 Å². The van der Waals surface area contributed by atoms with Gasteiger partial charge in [0.25, 0.3) is 0 Å². The van der Waals surface area contributed by atoms with Crippen LogP contribution in [0.4, 0.5) is 13.6 Å². The molecule has 1 aliphatic rings. The van der Waals surface area contributed by atoms with Crippen LogP contribution in [-0.2, 0) is 11.3 Å². The molecule has 1 aromatic rings. The topological polar surface area (TPSA) is 29.5 Å². The van der Waals surface area contributed by atoms with E-state index < -0.39 is 17.7 Å². The lowest BCUT2D eigenvalue weighted by molar-refractivity contribution is 0.157. The lowest BCUT2D eigenvalue weighted by atomic mass is 10.2. The number of rotatable bonds is 2. The van der Waals surface area contributed by atoms with Gasteiger partial charge in [-0.05, 0) is 17.7 Å². The average molecular weight is 213 g/mol. The normalized spacial score (nSPS) is 15.6. The summed E-state index contributed by atoms with van der Waals surface area (Å²) in [7, 11) is 0. The van der Waals surface area contributed by atoms with Gasteiger partial charge in [-0.3, -0.25) is 0 Å². The number of hydrogen-bond acceptors (Lipinski definition) is 2. The highest BCUT2D eigenvalue weighted by molar-refractivity contribution is 5.69. The first-order valence-corrected chi connectivity index (χ1v) is 4.52. The maximum absolute atomic E-state index is 12.8. The van der Waals surface area contributed by atoms with Crippen molar-refractivity contribution in [1.82, 2.24) is 4.90 Å². The maximum Gasteiger partial charge on any atom is 0.410 e. The van der Waals surface area contributed by atoms with Crippen LogP contribution in [-0.4, -0.2) is 24.1 Å². The molecule has 0 bridgehead atoms. The highest BCUT2D eigenvalue weighted by Gasteiger charge is 2.21. The standard InChI is InChI=1S/C10H9F2NO2/c11-8-2-1-7(5-9(8)12)6-13-3-4-15-10(13)14/h1-2,5H,3-4,6H2. The van der Waals surface area contributed by atoms with E-state index in [2.05, 4.69) is 0 Å². The first-order chi connectivity index (χ1) is 7.16. The minimum Gasteiger partial charge on any atom is -0.448 e. The SMILES string of the molecule is O=C1OCCN1Cc1ccc(F)c(F)c1. The zero-order valence-corrected chi connectivity index (χ0v) is 7.87. The van der Waals surface area contributed by atoms with Crippen LogP contribution in [0.25, 0.3) is 0 Å². The van der Waals surface area contributed by atoms with Crippen LogP contribution < -0.4 is 0 Å². The van der Waals surface area contributed by atoms with Gasteiger partial charge in [0.15, 0.2) is 11.6 Å². The first kappa shape index (κ1) is 9.89. The van der Waals surface area contributed by atoms with E-state index in [1.165, 1.54) is 11.0 Å². The monoisotopic (exact) mass is 213 g/mol. The number of nitrogens with zero attached hydrogens (tertiary/aromatic N) is 1. The predicted octanol–water partition coefficient (Wildman–Crippen LogP) is 1.92. The van der Waals surface area contributed by atoms with Crippen molar-refractivity contribution in [2.45, 2.75) is 6.54 Å². The van der Waals surface area contributed by atoms with Crippen molar-refractivity contribution in [2.75, 3.05) is 13.2 Å². The number of amides is 1. The Balaban J connectivity index is 2.10. The maximum atomic E-state index is 12.8. The molecule has 1 aliphatic heterocycles. The van der Waals surface area contributed by atoms with Crippen molar-refractivity contribution in [3.05, 3.63) is 35.4 Å². The van der Waals surface area contributed by atoms with E-state index in [-0.39, 0.29) is 6.54 Å². The van der Waals surface area contributed by atoms with E-state index in [4.69, 9.17) is 4.74 Å². The fraction of sp³-hybridized carbons (Fsp3) is 0.300. The predicted molar refractivity (Wildman–Crippen MR) is 48.1 cm³/mol. The van der Waals surface area contributed by atoms with E-state index in [0.717, 1.165) is 12.1 Å². The van der Waals surface area contributed by atoms with Gasteiger partial charge in [-0.2, -0.15) is 0 Å². The number of hydrogen-bond donors (Lipinski definition) is 0.